The average molecular weight is 197 g/mol. The molecule has 0 radical (unpaired) electrons. The van der Waals surface area contributed by atoms with E-state index in [1.807, 2.05) is 6.92 Å². The van der Waals surface area contributed by atoms with Gasteiger partial charge in [-0.2, -0.15) is 0 Å². The molecule has 1 aromatic rings. The summed E-state index contributed by atoms with van der Waals surface area (Å²) in [7, 11) is 0. The number of nitrogens with zero attached hydrogens (tertiary/aromatic N) is 2. The maximum absolute atomic E-state index is 4.62. The maximum atomic E-state index is 4.62. The van der Waals surface area contributed by atoms with E-state index in [1.54, 1.807) is 0 Å². The second-order valence-corrected chi connectivity index (χ2v) is 3.72. The third kappa shape index (κ3) is 3.46. The lowest BCUT2D eigenvalue weighted by Crippen LogP contribution is -2.25. The number of hydrogen-bond donors (Lipinski definition) is 1. The summed E-state index contributed by atoms with van der Waals surface area (Å²) < 4.78 is 4.62. The second-order valence-electron chi connectivity index (χ2n) is 3.72. The molecule has 0 aromatic carbocycles. The molecule has 1 rings (SSSR count). The smallest absolute Gasteiger partial charge is 0.121 e. The summed E-state index contributed by atoms with van der Waals surface area (Å²) in [6, 6.07) is 0.533. The molecule has 1 atom stereocenters. The molecule has 14 heavy (non-hydrogen) atoms. The minimum atomic E-state index is 0.533. The van der Waals surface area contributed by atoms with Gasteiger partial charge in [-0.25, -0.2) is 4.63 Å². The summed E-state index contributed by atoms with van der Waals surface area (Å²) in [5.74, 6) is 0. The second kappa shape index (κ2) is 5.75. The summed E-state index contributed by atoms with van der Waals surface area (Å²) in [6.45, 7) is 7.06. The zero-order chi connectivity index (χ0) is 10.4. The molecule has 0 aliphatic rings. The van der Waals surface area contributed by atoms with Gasteiger partial charge in [0.2, 0.25) is 0 Å². The minimum Gasteiger partial charge on any atom is -0.308 e. The van der Waals surface area contributed by atoms with Crippen LogP contribution < -0.4 is 5.32 Å². The first-order chi connectivity index (χ1) is 6.74. The topological polar surface area (TPSA) is 51.0 Å². The number of nitrogens with one attached hydrogen (secondary N) is 1. The van der Waals surface area contributed by atoms with Crippen LogP contribution in [-0.2, 0) is 6.54 Å². The molecule has 80 valence electrons. The van der Waals surface area contributed by atoms with Crippen molar-refractivity contribution in [1.82, 2.24) is 15.6 Å². The quantitative estimate of drug-likeness (QED) is 0.758. The van der Waals surface area contributed by atoms with Crippen LogP contribution in [0.5, 0.6) is 0 Å². The lowest BCUT2D eigenvalue weighted by Gasteiger charge is -2.11. The molecular formula is C10H19N3O. The molecule has 1 heterocycles. The number of aromatic nitrogens is 2. The van der Waals surface area contributed by atoms with Gasteiger partial charge in [-0.15, -0.1) is 0 Å². The van der Waals surface area contributed by atoms with E-state index in [0.29, 0.717) is 6.04 Å². The van der Waals surface area contributed by atoms with Crippen molar-refractivity contribution in [2.45, 2.75) is 52.6 Å². The van der Waals surface area contributed by atoms with E-state index in [9.17, 15) is 0 Å². The summed E-state index contributed by atoms with van der Waals surface area (Å²) in [5, 5.41) is 10.9. The van der Waals surface area contributed by atoms with Crippen LogP contribution in [0.1, 0.15) is 44.5 Å². The van der Waals surface area contributed by atoms with Gasteiger partial charge >= 0.3 is 0 Å². The van der Waals surface area contributed by atoms with E-state index in [2.05, 4.69) is 34.1 Å². The van der Waals surface area contributed by atoms with Crippen LogP contribution in [0.3, 0.4) is 0 Å². The Labute approximate surface area is 85.0 Å². The highest BCUT2D eigenvalue weighted by molar-refractivity contribution is 5.03. The normalized spacial score (nSPS) is 13.1. The van der Waals surface area contributed by atoms with Gasteiger partial charge in [-0.1, -0.05) is 30.1 Å². The molecule has 0 amide bonds. The minimum absolute atomic E-state index is 0.533. The summed E-state index contributed by atoms with van der Waals surface area (Å²) in [4.78, 5) is 0. The van der Waals surface area contributed by atoms with Gasteiger partial charge in [-0.05, 0) is 20.3 Å². The maximum Gasteiger partial charge on any atom is 0.121 e. The molecule has 0 bridgehead atoms. The van der Waals surface area contributed by atoms with Crippen LogP contribution in [0.15, 0.2) is 4.63 Å². The molecule has 0 fully saturated rings. The van der Waals surface area contributed by atoms with Crippen molar-refractivity contribution in [3.63, 3.8) is 0 Å². The fraction of sp³-hybridized carbons (Fsp3) is 0.800. The Morgan fingerprint density at radius 3 is 2.79 bits per heavy atom. The molecule has 0 aliphatic heterocycles. The molecule has 1 aromatic heterocycles. The van der Waals surface area contributed by atoms with Gasteiger partial charge in [0.25, 0.3) is 0 Å². The fourth-order valence-electron chi connectivity index (χ4n) is 1.29. The first kappa shape index (κ1) is 11.2. The summed E-state index contributed by atoms with van der Waals surface area (Å²) >= 11 is 0. The van der Waals surface area contributed by atoms with Crippen molar-refractivity contribution < 1.29 is 4.63 Å². The van der Waals surface area contributed by atoms with Crippen LogP contribution >= 0.6 is 0 Å². The standard InChI is InChI=1S/C10H19N3O/c1-4-5-6-8(2)11-7-10-9(3)12-14-13-10/h8,11H,4-7H2,1-3H3. The number of rotatable bonds is 6. The predicted molar refractivity (Wildman–Crippen MR) is 54.9 cm³/mol. The SMILES string of the molecule is CCCCC(C)NCc1nonc1C. The summed E-state index contributed by atoms with van der Waals surface area (Å²) in [6.07, 6.45) is 3.72. The Bertz CT molecular complexity index is 260. The third-order valence-electron chi connectivity index (χ3n) is 2.36. The molecule has 4 nitrogen and oxygen atoms in total. The van der Waals surface area contributed by atoms with E-state index >= 15 is 0 Å². The Morgan fingerprint density at radius 2 is 2.21 bits per heavy atom. The Morgan fingerprint density at radius 1 is 1.43 bits per heavy atom. The molecule has 1 unspecified atom stereocenters. The van der Waals surface area contributed by atoms with Crippen LogP contribution in [0.25, 0.3) is 0 Å². The van der Waals surface area contributed by atoms with E-state index < -0.39 is 0 Å². The van der Waals surface area contributed by atoms with Crippen molar-refractivity contribution in [3.05, 3.63) is 11.4 Å². The number of hydrogen-bond acceptors (Lipinski definition) is 4. The van der Waals surface area contributed by atoms with E-state index in [0.717, 1.165) is 17.9 Å². The van der Waals surface area contributed by atoms with Crippen molar-refractivity contribution in [3.8, 4) is 0 Å². The Kier molecular flexibility index (Phi) is 4.59. The first-order valence-corrected chi connectivity index (χ1v) is 5.25. The van der Waals surface area contributed by atoms with Crippen molar-refractivity contribution >= 4 is 0 Å². The van der Waals surface area contributed by atoms with Crippen molar-refractivity contribution in [2.75, 3.05) is 0 Å². The summed E-state index contributed by atoms with van der Waals surface area (Å²) in [5.41, 5.74) is 1.79. The molecule has 0 saturated carbocycles. The molecule has 0 spiro atoms. The number of unbranched alkanes of at least 4 members (excludes halogenated alkanes) is 1. The fourth-order valence-corrected chi connectivity index (χ4v) is 1.29. The van der Waals surface area contributed by atoms with Gasteiger partial charge < -0.3 is 5.32 Å². The monoisotopic (exact) mass is 197 g/mol. The van der Waals surface area contributed by atoms with Crippen molar-refractivity contribution in [2.24, 2.45) is 0 Å². The first-order valence-electron chi connectivity index (χ1n) is 5.25. The average Bonchev–Trinajstić information content (AvgIpc) is 2.58. The Hall–Kier alpha value is -0.900. The highest BCUT2D eigenvalue weighted by Gasteiger charge is 2.06. The van der Waals surface area contributed by atoms with Gasteiger partial charge in [0.05, 0.1) is 0 Å². The lowest BCUT2D eigenvalue weighted by molar-refractivity contribution is 0.299. The molecular weight excluding hydrogens is 178 g/mol. The van der Waals surface area contributed by atoms with Gasteiger partial charge in [0, 0.05) is 12.6 Å². The zero-order valence-corrected chi connectivity index (χ0v) is 9.21. The molecule has 1 N–H and O–H groups in total. The number of aryl methyl sites for hydroxylation is 1. The van der Waals surface area contributed by atoms with Gasteiger partial charge in [0.15, 0.2) is 0 Å². The Balaban J connectivity index is 2.23. The van der Waals surface area contributed by atoms with Crippen LogP contribution in [0, 0.1) is 6.92 Å². The molecule has 4 heteroatoms. The highest BCUT2D eigenvalue weighted by atomic mass is 16.6. The largest absolute Gasteiger partial charge is 0.308 e. The van der Waals surface area contributed by atoms with Crippen molar-refractivity contribution in [1.29, 1.82) is 0 Å². The van der Waals surface area contributed by atoms with E-state index in [4.69, 9.17) is 0 Å². The van der Waals surface area contributed by atoms with Crippen LogP contribution in [-0.4, -0.2) is 16.4 Å². The lowest BCUT2D eigenvalue weighted by atomic mass is 10.1. The molecule has 0 aliphatic carbocycles. The zero-order valence-electron chi connectivity index (χ0n) is 9.21. The van der Waals surface area contributed by atoms with Gasteiger partial charge in [0.1, 0.15) is 11.4 Å². The molecule has 0 saturated heterocycles. The van der Waals surface area contributed by atoms with E-state index in [-0.39, 0.29) is 0 Å². The van der Waals surface area contributed by atoms with Crippen LogP contribution in [0.4, 0.5) is 0 Å². The van der Waals surface area contributed by atoms with Gasteiger partial charge in [-0.3, -0.25) is 0 Å². The van der Waals surface area contributed by atoms with Crippen LogP contribution in [0.2, 0.25) is 0 Å². The highest BCUT2D eigenvalue weighted by Crippen LogP contribution is 2.03. The van der Waals surface area contributed by atoms with E-state index in [1.165, 1.54) is 19.3 Å². The third-order valence-corrected chi connectivity index (χ3v) is 2.36. The predicted octanol–water partition coefficient (Wildman–Crippen LogP) is 2.05.